The smallest absolute Gasteiger partial charge is 0.231 e. The molecule has 6 heteroatoms. The summed E-state index contributed by atoms with van der Waals surface area (Å²) in [7, 11) is 3.10. The number of aliphatic hydroxyl groups excluding tert-OH is 2. The fraction of sp³-hybridized carbons (Fsp3) is 0.368. The summed E-state index contributed by atoms with van der Waals surface area (Å²) in [5.74, 6) is 2.24. The predicted octanol–water partition coefficient (Wildman–Crippen LogP) is 2.96. The summed E-state index contributed by atoms with van der Waals surface area (Å²) >= 11 is 0. The van der Waals surface area contributed by atoms with Crippen molar-refractivity contribution in [1.29, 1.82) is 0 Å². The van der Waals surface area contributed by atoms with Gasteiger partial charge in [0.1, 0.15) is 6.10 Å². The molecular weight excluding hydrogens is 324 g/mol. The van der Waals surface area contributed by atoms with Gasteiger partial charge in [0, 0.05) is 0 Å². The highest BCUT2D eigenvalue weighted by Gasteiger charge is 2.25. The lowest BCUT2D eigenvalue weighted by atomic mass is 9.92. The van der Waals surface area contributed by atoms with Crippen LogP contribution in [0.3, 0.4) is 0 Å². The molecule has 6 nitrogen and oxygen atoms in total. The zero-order valence-electron chi connectivity index (χ0n) is 14.5. The summed E-state index contributed by atoms with van der Waals surface area (Å²) in [5.41, 5.74) is 1.82. The standard InChI is InChI=1S/C19H22O6/c1-4-14(20)12-8-17-18(25-10-24-17)9-13(12)19(21)11-5-6-15(22-2)16(7-11)23-3/h5-9,14,19-21H,4,10H2,1-3H3. The van der Waals surface area contributed by atoms with E-state index in [0.29, 0.717) is 46.1 Å². The van der Waals surface area contributed by atoms with Gasteiger partial charge in [-0.15, -0.1) is 0 Å². The minimum Gasteiger partial charge on any atom is -0.493 e. The first-order valence-electron chi connectivity index (χ1n) is 8.10. The Balaban J connectivity index is 2.05. The van der Waals surface area contributed by atoms with Crippen molar-refractivity contribution in [1.82, 2.24) is 0 Å². The predicted molar refractivity (Wildman–Crippen MR) is 91.4 cm³/mol. The Morgan fingerprint density at radius 2 is 1.60 bits per heavy atom. The van der Waals surface area contributed by atoms with Gasteiger partial charge >= 0.3 is 0 Å². The first-order valence-corrected chi connectivity index (χ1v) is 8.10. The minimum atomic E-state index is -0.953. The Kier molecular flexibility index (Phi) is 5.01. The van der Waals surface area contributed by atoms with Crippen LogP contribution in [0.1, 0.15) is 42.2 Å². The molecule has 0 aliphatic carbocycles. The van der Waals surface area contributed by atoms with Crippen molar-refractivity contribution in [2.75, 3.05) is 21.0 Å². The molecule has 2 N–H and O–H groups in total. The van der Waals surface area contributed by atoms with Crippen molar-refractivity contribution in [2.45, 2.75) is 25.6 Å². The molecule has 0 bridgehead atoms. The van der Waals surface area contributed by atoms with E-state index in [2.05, 4.69) is 0 Å². The number of aliphatic hydroxyl groups is 2. The number of benzene rings is 2. The van der Waals surface area contributed by atoms with Gasteiger partial charge in [0.25, 0.3) is 0 Å². The van der Waals surface area contributed by atoms with E-state index in [4.69, 9.17) is 18.9 Å². The van der Waals surface area contributed by atoms with E-state index in [1.807, 2.05) is 6.92 Å². The van der Waals surface area contributed by atoms with Gasteiger partial charge in [0.05, 0.1) is 20.3 Å². The number of ether oxygens (including phenoxy) is 4. The fourth-order valence-electron chi connectivity index (χ4n) is 2.92. The monoisotopic (exact) mass is 346 g/mol. The summed E-state index contributed by atoms with van der Waals surface area (Å²) in [6.07, 6.45) is -1.14. The van der Waals surface area contributed by atoms with Crippen molar-refractivity contribution in [3.8, 4) is 23.0 Å². The molecular formula is C19H22O6. The maximum absolute atomic E-state index is 10.9. The maximum Gasteiger partial charge on any atom is 0.231 e. The molecule has 0 aromatic heterocycles. The molecule has 0 fully saturated rings. The summed E-state index contributed by atoms with van der Waals surface area (Å²) in [6.45, 7) is 2.01. The van der Waals surface area contributed by atoms with Gasteiger partial charge in [-0.05, 0) is 47.4 Å². The highest BCUT2D eigenvalue weighted by atomic mass is 16.7. The third-order valence-electron chi connectivity index (χ3n) is 4.34. The quantitative estimate of drug-likeness (QED) is 0.837. The molecule has 0 saturated heterocycles. The molecule has 2 aromatic rings. The second-order valence-electron chi connectivity index (χ2n) is 5.78. The molecule has 25 heavy (non-hydrogen) atoms. The summed E-state index contributed by atoms with van der Waals surface area (Å²) in [5, 5.41) is 21.3. The molecule has 0 radical (unpaired) electrons. The van der Waals surface area contributed by atoms with Gasteiger partial charge in [-0.25, -0.2) is 0 Å². The number of methoxy groups -OCH3 is 2. The van der Waals surface area contributed by atoms with Gasteiger partial charge < -0.3 is 29.2 Å². The van der Waals surface area contributed by atoms with Gasteiger partial charge in [-0.2, -0.15) is 0 Å². The van der Waals surface area contributed by atoms with Crippen LogP contribution in [-0.2, 0) is 0 Å². The molecule has 2 unspecified atom stereocenters. The zero-order valence-corrected chi connectivity index (χ0v) is 14.5. The Hall–Kier alpha value is -2.44. The maximum atomic E-state index is 10.9. The van der Waals surface area contributed by atoms with E-state index in [-0.39, 0.29) is 6.79 Å². The van der Waals surface area contributed by atoms with Crippen LogP contribution in [0.25, 0.3) is 0 Å². The highest BCUT2D eigenvalue weighted by molar-refractivity contribution is 5.53. The lowest BCUT2D eigenvalue weighted by Crippen LogP contribution is -2.08. The average Bonchev–Trinajstić information content (AvgIpc) is 3.12. The van der Waals surface area contributed by atoms with Crippen LogP contribution in [0.4, 0.5) is 0 Å². The van der Waals surface area contributed by atoms with Crippen molar-refractivity contribution in [3.05, 3.63) is 47.0 Å². The van der Waals surface area contributed by atoms with Crippen molar-refractivity contribution in [3.63, 3.8) is 0 Å². The van der Waals surface area contributed by atoms with E-state index < -0.39 is 12.2 Å². The molecule has 1 heterocycles. The largest absolute Gasteiger partial charge is 0.493 e. The van der Waals surface area contributed by atoms with E-state index >= 15 is 0 Å². The van der Waals surface area contributed by atoms with Gasteiger partial charge in [-0.3, -0.25) is 0 Å². The van der Waals surface area contributed by atoms with Gasteiger partial charge in [0.15, 0.2) is 23.0 Å². The Morgan fingerprint density at radius 1 is 0.960 bits per heavy atom. The SMILES string of the molecule is CCC(O)c1cc2c(cc1C(O)c1ccc(OC)c(OC)c1)OCO2. The minimum absolute atomic E-state index is 0.132. The van der Waals surface area contributed by atoms with Crippen molar-refractivity contribution < 1.29 is 29.2 Å². The lowest BCUT2D eigenvalue weighted by molar-refractivity contribution is 0.163. The Labute approximate surface area is 146 Å². The van der Waals surface area contributed by atoms with Crippen LogP contribution in [0.5, 0.6) is 23.0 Å². The topological polar surface area (TPSA) is 77.4 Å². The van der Waals surface area contributed by atoms with Crippen LogP contribution >= 0.6 is 0 Å². The first kappa shape index (κ1) is 17.4. The van der Waals surface area contributed by atoms with Crippen LogP contribution in [0.2, 0.25) is 0 Å². The normalized spacial score (nSPS) is 14.9. The molecule has 0 saturated carbocycles. The number of hydrogen-bond donors (Lipinski definition) is 2. The highest BCUT2D eigenvalue weighted by Crippen LogP contribution is 2.42. The molecule has 0 amide bonds. The molecule has 134 valence electrons. The van der Waals surface area contributed by atoms with E-state index in [1.165, 1.54) is 0 Å². The van der Waals surface area contributed by atoms with Crippen LogP contribution in [0, 0.1) is 0 Å². The van der Waals surface area contributed by atoms with Crippen LogP contribution in [-0.4, -0.2) is 31.2 Å². The third kappa shape index (κ3) is 3.23. The Morgan fingerprint density at radius 3 is 2.20 bits per heavy atom. The van der Waals surface area contributed by atoms with E-state index in [0.717, 1.165) is 0 Å². The summed E-state index contributed by atoms with van der Waals surface area (Å²) < 4.78 is 21.3. The zero-order chi connectivity index (χ0) is 18.0. The average molecular weight is 346 g/mol. The van der Waals surface area contributed by atoms with Gasteiger partial charge in [0.2, 0.25) is 6.79 Å². The second kappa shape index (κ2) is 7.21. The fourth-order valence-corrected chi connectivity index (χ4v) is 2.92. The number of rotatable bonds is 6. The summed E-state index contributed by atoms with van der Waals surface area (Å²) in [6, 6.07) is 8.67. The van der Waals surface area contributed by atoms with Crippen LogP contribution in [0.15, 0.2) is 30.3 Å². The molecule has 3 rings (SSSR count). The number of hydrogen-bond acceptors (Lipinski definition) is 6. The van der Waals surface area contributed by atoms with Crippen molar-refractivity contribution >= 4 is 0 Å². The van der Waals surface area contributed by atoms with Gasteiger partial charge in [-0.1, -0.05) is 13.0 Å². The lowest BCUT2D eigenvalue weighted by Gasteiger charge is -2.20. The molecule has 2 atom stereocenters. The summed E-state index contributed by atoms with van der Waals surface area (Å²) in [4.78, 5) is 0. The molecule has 2 aromatic carbocycles. The Bertz CT molecular complexity index is 758. The first-order chi connectivity index (χ1) is 12.1. The van der Waals surface area contributed by atoms with Crippen LogP contribution < -0.4 is 18.9 Å². The number of fused-ring (bicyclic) bond motifs is 1. The molecule has 1 aliphatic rings. The molecule has 0 spiro atoms. The van der Waals surface area contributed by atoms with E-state index in [1.54, 1.807) is 44.6 Å². The second-order valence-corrected chi connectivity index (χ2v) is 5.78. The molecule has 1 aliphatic heterocycles. The third-order valence-corrected chi connectivity index (χ3v) is 4.34. The van der Waals surface area contributed by atoms with Crippen molar-refractivity contribution in [2.24, 2.45) is 0 Å². The van der Waals surface area contributed by atoms with E-state index in [9.17, 15) is 10.2 Å².